The Morgan fingerprint density at radius 2 is 2.09 bits per heavy atom. The van der Waals surface area contributed by atoms with Crippen LogP contribution < -0.4 is 0 Å². The van der Waals surface area contributed by atoms with E-state index in [9.17, 15) is 0 Å². The lowest BCUT2D eigenvalue weighted by atomic mass is 9.97. The van der Waals surface area contributed by atoms with E-state index in [1.54, 1.807) is 5.57 Å². The highest BCUT2D eigenvalue weighted by Crippen LogP contribution is 2.41. The second-order valence-electron chi connectivity index (χ2n) is 4.15. The normalized spacial score (nSPS) is 29.5. The Bertz CT molecular complexity index is 153. The molecule has 1 aliphatic carbocycles. The van der Waals surface area contributed by atoms with Crippen LogP contribution in [-0.4, -0.2) is 0 Å². The van der Waals surface area contributed by atoms with E-state index in [4.69, 9.17) is 0 Å². The molecule has 0 radical (unpaired) electrons. The van der Waals surface area contributed by atoms with Gasteiger partial charge in [0.15, 0.2) is 0 Å². The molecule has 64 valence electrons. The second-order valence-corrected chi connectivity index (χ2v) is 4.15. The fourth-order valence-electron chi connectivity index (χ4n) is 1.37. The first-order valence-electron chi connectivity index (χ1n) is 4.85. The topological polar surface area (TPSA) is 0 Å². The predicted octanol–water partition coefficient (Wildman–Crippen LogP) is 3.63. The van der Waals surface area contributed by atoms with Crippen LogP contribution in [0.5, 0.6) is 0 Å². The summed E-state index contributed by atoms with van der Waals surface area (Å²) < 4.78 is 0. The highest BCUT2D eigenvalue weighted by Gasteiger charge is 2.27. The molecular formula is C11H20. The Hall–Kier alpha value is -0.260. The molecule has 0 aromatic heterocycles. The van der Waals surface area contributed by atoms with E-state index in [2.05, 4.69) is 33.8 Å². The minimum atomic E-state index is 0.779. The molecule has 2 unspecified atom stereocenters. The van der Waals surface area contributed by atoms with Crippen LogP contribution in [0, 0.1) is 17.8 Å². The van der Waals surface area contributed by atoms with Crippen molar-refractivity contribution in [3.05, 3.63) is 11.6 Å². The van der Waals surface area contributed by atoms with E-state index < -0.39 is 0 Å². The van der Waals surface area contributed by atoms with E-state index in [1.807, 2.05) is 0 Å². The van der Waals surface area contributed by atoms with Crippen LogP contribution in [0.15, 0.2) is 11.6 Å². The van der Waals surface area contributed by atoms with E-state index in [1.165, 1.54) is 12.8 Å². The Morgan fingerprint density at radius 1 is 1.45 bits per heavy atom. The van der Waals surface area contributed by atoms with Crippen molar-refractivity contribution in [3.63, 3.8) is 0 Å². The first kappa shape index (κ1) is 8.83. The third-order valence-corrected chi connectivity index (χ3v) is 2.87. The number of hydrogen-bond donors (Lipinski definition) is 0. The summed E-state index contributed by atoms with van der Waals surface area (Å²) in [5.74, 6) is 2.54. The molecule has 0 nitrogen and oxygen atoms in total. The lowest BCUT2D eigenvalue weighted by molar-refractivity contribution is 0.502. The minimum absolute atomic E-state index is 0.779. The van der Waals surface area contributed by atoms with Crippen LogP contribution in [0.4, 0.5) is 0 Å². The van der Waals surface area contributed by atoms with Crippen LogP contribution >= 0.6 is 0 Å². The molecule has 0 heteroatoms. The lowest BCUT2D eigenvalue weighted by Crippen LogP contribution is -1.99. The summed E-state index contributed by atoms with van der Waals surface area (Å²) in [5.41, 5.74) is 1.72. The highest BCUT2D eigenvalue weighted by atomic mass is 14.3. The van der Waals surface area contributed by atoms with E-state index in [-0.39, 0.29) is 0 Å². The average molecular weight is 152 g/mol. The van der Waals surface area contributed by atoms with Crippen molar-refractivity contribution in [2.24, 2.45) is 17.8 Å². The molecule has 0 bridgehead atoms. The van der Waals surface area contributed by atoms with Gasteiger partial charge in [-0.3, -0.25) is 0 Å². The second kappa shape index (κ2) is 3.42. The van der Waals surface area contributed by atoms with Crippen molar-refractivity contribution < 1.29 is 0 Å². The molecular weight excluding hydrogens is 132 g/mol. The number of allylic oxidation sites excluding steroid dienone is 2. The molecule has 1 rings (SSSR count). The summed E-state index contributed by atoms with van der Waals surface area (Å²) in [6, 6.07) is 0. The first-order valence-corrected chi connectivity index (χ1v) is 4.85. The molecule has 0 amide bonds. The zero-order chi connectivity index (χ0) is 8.43. The van der Waals surface area contributed by atoms with Gasteiger partial charge < -0.3 is 0 Å². The summed E-state index contributed by atoms with van der Waals surface area (Å²) in [7, 11) is 0. The molecule has 0 aliphatic heterocycles. The van der Waals surface area contributed by atoms with Gasteiger partial charge in [-0.1, -0.05) is 39.3 Å². The summed E-state index contributed by atoms with van der Waals surface area (Å²) >= 11 is 0. The number of hydrogen-bond acceptors (Lipinski definition) is 0. The first-order chi connectivity index (χ1) is 5.15. The molecule has 1 aliphatic rings. The van der Waals surface area contributed by atoms with Gasteiger partial charge in [0.25, 0.3) is 0 Å². The Labute approximate surface area is 70.7 Å². The molecule has 0 aromatic rings. The zero-order valence-electron chi connectivity index (χ0n) is 8.22. The van der Waals surface area contributed by atoms with Gasteiger partial charge in [0.1, 0.15) is 0 Å². The maximum absolute atomic E-state index is 2.48. The van der Waals surface area contributed by atoms with Crippen molar-refractivity contribution in [3.8, 4) is 0 Å². The SMILES string of the molecule is CCC1CC1=CC(C)C(C)C. The molecule has 0 heterocycles. The van der Waals surface area contributed by atoms with Gasteiger partial charge in [-0.05, 0) is 30.6 Å². The third-order valence-electron chi connectivity index (χ3n) is 2.87. The molecule has 1 saturated carbocycles. The largest absolute Gasteiger partial charge is 0.0819 e. The molecule has 0 aromatic carbocycles. The van der Waals surface area contributed by atoms with Gasteiger partial charge in [0.2, 0.25) is 0 Å². The van der Waals surface area contributed by atoms with Gasteiger partial charge in [-0.25, -0.2) is 0 Å². The van der Waals surface area contributed by atoms with E-state index in [0.29, 0.717) is 0 Å². The van der Waals surface area contributed by atoms with Crippen molar-refractivity contribution >= 4 is 0 Å². The van der Waals surface area contributed by atoms with Crippen molar-refractivity contribution in [1.29, 1.82) is 0 Å². The maximum atomic E-state index is 2.48. The maximum Gasteiger partial charge on any atom is -0.0168 e. The molecule has 11 heavy (non-hydrogen) atoms. The lowest BCUT2D eigenvalue weighted by Gasteiger charge is -2.09. The molecule has 0 N–H and O–H groups in total. The van der Waals surface area contributed by atoms with Crippen LogP contribution in [-0.2, 0) is 0 Å². The summed E-state index contributed by atoms with van der Waals surface area (Å²) in [6.45, 7) is 9.20. The summed E-state index contributed by atoms with van der Waals surface area (Å²) in [5, 5.41) is 0. The van der Waals surface area contributed by atoms with E-state index in [0.717, 1.165) is 17.8 Å². The zero-order valence-corrected chi connectivity index (χ0v) is 8.22. The van der Waals surface area contributed by atoms with Gasteiger partial charge in [-0.15, -0.1) is 0 Å². The number of rotatable bonds is 3. The van der Waals surface area contributed by atoms with Crippen molar-refractivity contribution in [1.82, 2.24) is 0 Å². The monoisotopic (exact) mass is 152 g/mol. The van der Waals surface area contributed by atoms with Gasteiger partial charge in [0, 0.05) is 0 Å². The molecule has 2 atom stereocenters. The third kappa shape index (κ3) is 2.36. The highest BCUT2D eigenvalue weighted by molar-refractivity contribution is 5.23. The Kier molecular flexibility index (Phi) is 2.75. The molecule has 1 fully saturated rings. The van der Waals surface area contributed by atoms with Crippen LogP contribution in [0.2, 0.25) is 0 Å². The quantitative estimate of drug-likeness (QED) is 0.542. The summed E-state index contributed by atoms with van der Waals surface area (Å²) in [6.07, 6.45) is 5.21. The van der Waals surface area contributed by atoms with Gasteiger partial charge in [0.05, 0.1) is 0 Å². The standard InChI is InChI=1S/C11H20/c1-5-10-7-11(10)6-9(4)8(2)3/h6,8-10H,5,7H2,1-4H3. The van der Waals surface area contributed by atoms with Crippen LogP contribution in [0.25, 0.3) is 0 Å². The van der Waals surface area contributed by atoms with Crippen molar-refractivity contribution in [2.45, 2.75) is 40.5 Å². The molecule has 0 spiro atoms. The Balaban J connectivity index is 2.36. The minimum Gasteiger partial charge on any atom is -0.0819 e. The smallest absolute Gasteiger partial charge is 0.0168 e. The molecule has 0 saturated heterocycles. The van der Waals surface area contributed by atoms with Crippen LogP contribution in [0.3, 0.4) is 0 Å². The fraction of sp³-hybridized carbons (Fsp3) is 0.818. The average Bonchev–Trinajstić information content (AvgIpc) is 2.67. The predicted molar refractivity (Wildman–Crippen MR) is 50.5 cm³/mol. The van der Waals surface area contributed by atoms with Gasteiger partial charge in [-0.2, -0.15) is 0 Å². The Morgan fingerprint density at radius 3 is 2.45 bits per heavy atom. The van der Waals surface area contributed by atoms with Crippen LogP contribution in [0.1, 0.15) is 40.5 Å². The van der Waals surface area contributed by atoms with Crippen molar-refractivity contribution in [2.75, 3.05) is 0 Å². The van der Waals surface area contributed by atoms with Gasteiger partial charge >= 0.3 is 0 Å². The fourth-order valence-corrected chi connectivity index (χ4v) is 1.37. The van der Waals surface area contributed by atoms with E-state index >= 15 is 0 Å². The summed E-state index contributed by atoms with van der Waals surface area (Å²) in [4.78, 5) is 0.